The molecule has 0 unspecified atom stereocenters. The van der Waals surface area contributed by atoms with Crippen LogP contribution in [-0.2, 0) is 22.7 Å². The first kappa shape index (κ1) is 45.1. The molecule has 0 spiro atoms. The van der Waals surface area contributed by atoms with Crippen LogP contribution in [0.25, 0.3) is 22.9 Å². The number of piperazine rings is 2. The highest BCUT2D eigenvalue weighted by Crippen LogP contribution is 2.33. The maximum Gasteiger partial charge on any atom is 0.444 e. The topological polar surface area (TPSA) is 206 Å². The van der Waals surface area contributed by atoms with Gasteiger partial charge in [0, 0.05) is 87.9 Å². The van der Waals surface area contributed by atoms with E-state index in [0.717, 1.165) is 32.9 Å². The number of anilines is 2. The maximum absolute atomic E-state index is 14.1. The zero-order chi connectivity index (χ0) is 46.5. The fraction of sp³-hybridized carbons (Fsp3) is 0.364. The van der Waals surface area contributed by atoms with E-state index in [1.807, 2.05) is 0 Å². The largest absolute Gasteiger partial charge is 0.444 e. The Morgan fingerprint density at radius 1 is 0.591 bits per heavy atom. The third kappa shape index (κ3) is 9.93. The highest BCUT2D eigenvalue weighted by atomic mass is 19.1. The Labute approximate surface area is 373 Å². The van der Waals surface area contributed by atoms with E-state index in [0.29, 0.717) is 111 Å². The molecular weight excluding hydrogens is 867 g/mol. The molecule has 6 heterocycles. The Hall–Kier alpha value is -7.46. The van der Waals surface area contributed by atoms with E-state index in [-0.39, 0.29) is 24.2 Å². The molecule has 8 rings (SSSR count). The molecule has 6 aromatic rings. The van der Waals surface area contributed by atoms with Gasteiger partial charge in [-0.2, -0.15) is 0 Å². The lowest BCUT2D eigenvalue weighted by Gasteiger charge is -2.36. The SMILES string of the molecule is Cc1cn(OC(=O)C(=O)On2cc(C)c(=O)n(CCCN3CCN(c4ccc(F)cc4-c4ncco4)CC3)c2=O)c(=O)n(CCCN2CCN(c3ccc(F)cc3-c3ncco3)CC2)c1=O. The van der Waals surface area contributed by atoms with Gasteiger partial charge in [-0.05, 0) is 76.2 Å². The minimum absolute atomic E-state index is 0.0263. The van der Waals surface area contributed by atoms with Gasteiger partial charge in [-0.3, -0.25) is 28.5 Å². The zero-order valence-corrected chi connectivity index (χ0v) is 36.1. The van der Waals surface area contributed by atoms with Gasteiger partial charge in [0.05, 0.1) is 35.9 Å². The van der Waals surface area contributed by atoms with Crippen LogP contribution in [0.3, 0.4) is 0 Å². The van der Waals surface area contributed by atoms with Crippen molar-refractivity contribution in [2.24, 2.45) is 0 Å². The van der Waals surface area contributed by atoms with Crippen LogP contribution in [0.5, 0.6) is 0 Å². The van der Waals surface area contributed by atoms with Crippen LogP contribution in [0.1, 0.15) is 24.0 Å². The Balaban J connectivity index is 0.830. The summed E-state index contributed by atoms with van der Waals surface area (Å²) in [7, 11) is 0. The van der Waals surface area contributed by atoms with Gasteiger partial charge in [0.2, 0.25) is 11.8 Å². The molecule has 2 aromatic carbocycles. The molecule has 0 atom stereocenters. The Kier molecular flexibility index (Phi) is 13.5. The lowest BCUT2D eigenvalue weighted by molar-refractivity contribution is -0.169. The number of aryl methyl sites for hydroxylation is 2. The van der Waals surface area contributed by atoms with Crippen LogP contribution in [0.15, 0.2) is 102 Å². The molecular formula is C44H46F2N10O10. The highest BCUT2D eigenvalue weighted by Gasteiger charge is 2.26. The van der Waals surface area contributed by atoms with Crippen molar-refractivity contribution >= 4 is 23.3 Å². The average molecular weight is 913 g/mol. The molecule has 0 N–H and O–H groups in total. The van der Waals surface area contributed by atoms with Crippen LogP contribution in [0.2, 0.25) is 0 Å². The van der Waals surface area contributed by atoms with E-state index in [9.17, 15) is 37.5 Å². The number of nitrogens with zero attached hydrogens (tertiary/aromatic N) is 10. The predicted molar refractivity (Wildman–Crippen MR) is 233 cm³/mol. The van der Waals surface area contributed by atoms with E-state index in [2.05, 4.69) is 29.6 Å². The third-order valence-electron chi connectivity index (χ3n) is 11.5. The fourth-order valence-electron chi connectivity index (χ4n) is 8.14. The number of carbonyl (C=O) groups is 2. The minimum atomic E-state index is -1.67. The number of aromatic nitrogens is 6. The van der Waals surface area contributed by atoms with Crippen molar-refractivity contribution in [2.45, 2.75) is 39.8 Å². The van der Waals surface area contributed by atoms with Crippen molar-refractivity contribution in [1.82, 2.24) is 38.4 Å². The van der Waals surface area contributed by atoms with Crippen LogP contribution >= 0.6 is 0 Å². The number of rotatable bonds is 14. The van der Waals surface area contributed by atoms with E-state index in [1.165, 1.54) is 63.0 Å². The Morgan fingerprint density at radius 3 is 1.35 bits per heavy atom. The number of benzene rings is 2. The van der Waals surface area contributed by atoms with Crippen LogP contribution < -0.4 is 42.0 Å². The van der Waals surface area contributed by atoms with Crippen LogP contribution in [0, 0.1) is 25.5 Å². The zero-order valence-electron chi connectivity index (χ0n) is 36.1. The van der Waals surface area contributed by atoms with Crippen molar-refractivity contribution in [1.29, 1.82) is 0 Å². The molecule has 2 saturated heterocycles. The van der Waals surface area contributed by atoms with Crippen molar-refractivity contribution in [3.8, 4) is 22.9 Å². The predicted octanol–water partition coefficient (Wildman–Crippen LogP) is 1.57. The number of hydrogen-bond acceptors (Lipinski definition) is 16. The second kappa shape index (κ2) is 19.7. The maximum atomic E-state index is 14.1. The normalized spacial score (nSPS) is 14.7. The highest BCUT2D eigenvalue weighted by molar-refractivity contribution is 6.29. The smallest absolute Gasteiger partial charge is 0.444 e. The first-order valence-corrected chi connectivity index (χ1v) is 21.3. The number of halogens is 2. The lowest BCUT2D eigenvalue weighted by atomic mass is 10.1. The molecule has 346 valence electrons. The van der Waals surface area contributed by atoms with Crippen molar-refractivity contribution in [2.75, 3.05) is 75.2 Å². The molecule has 20 nitrogen and oxygen atoms in total. The quantitative estimate of drug-likeness (QED) is 0.142. The second-order valence-corrected chi connectivity index (χ2v) is 15.9. The molecule has 2 fully saturated rings. The van der Waals surface area contributed by atoms with Gasteiger partial charge in [0.15, 0.2) is 0 Å². The van der Waals surface area contributed by atoms with Crippen molar-refractivity contribution < 1.29 is 36.9 Å². The van der Waals surface area contributed by atoms with Gasteiger partial charge in [0.25, 0.3) is 11.1 Å². The summed E-state index contributed by atoms with van der Waals surface area (Å²) in [4.78, 5) is 106. The molecule has 2 aliphatic rings. The Bertz CT molecular complexity index is 2750. The number of hydrogen-bond donors (Lipinski definition) is 0. The second-order valence-electron chi connectivity index (χ2n) is 15.9. The molecule has 0 bridgehead atoms. The monoisotopic (exact) mass is 912 g/mol. The molecule has 0 aliphatic carbocycles. The van der Waals surface area contributed by atoms with Gasteiger partial charge in [-0.1, -0.05) is 0 Å². The van der Waals surface area contributed by atoms with Gasteiger partial charge in [-0.25, -0.2) is 37.9 Å². The van der Waals surface area contributed by atoms with Crippen LogP contribution in [0.4, 0.5) is 20.2 Å². The first-order chi connectivity index (χ1) is 31.8. The van der Waals surface area contributed by atoms with Crippen LogP contribution in [-0.4, -0.2) is 116 Å². The number of oxazole rings is 2. The van der Waals surface area contributed by atoms with E-state index in [1.54, 1.807) is 12.1 Å². The number of carbonyl (C=O) groups excluding carboxylic acids is 2. The molecule has 2 aliphatic heterocycles. The fourth-order valence-corrected chi connectivity index (χ4v) is 8.14. The molecule has 0 radical (unpaired) electrons. The summed E-state index contributed by atoms with van der Waals surface area (Å²) in [5.41, 5.74) is -0.476. The molecule has 4 aromatic heterocycles. The van der Waals surface area contributed by atoms with E-state index in [4.69, 9.17) is 18.5 Å². The van der Waals surface area contributed by atoms with Gasteiger partial charge >= 0.3 is 23.3 Å². The Morgan fingerprint density at radius 2 is 0.985 bits per heavy atom. The van der Waals surface area contributed by atoms with E-state index < -0.39 is 46.1 Å². The summed E-state index contributed by atoms with van der Waals surface area (Å²) < 4.78 is 41.8. The minimum Gasteiger partial charge on any atom is -0.444 e. The average Bonchev–Trinajstić information content (AvgIpc) is 4.07. The van der Waals surface area contributed by atoms with Gasteiger partial charge in [-0.15, -0.1) is 9.46 Å². The summed E-state index contributed by atoms with van der Waals surface area (Å²) >= 11 is 0. The standard InChI is InChI=1S/C44H46F2N10O10/c1-29-27-55(43(61)53(39(29)57)13-3-11-49-15-19-51(20-16-49)35-7-5-31(45)25-33(35)37-47-9-23-63-37)65-41(59)42(60)66-56-28-30(2)40(58)54(44(56)62)14-4-12-50-17-21-52(22-18-50)36-8-6-32(46)26-34(36)38-48-10-24-64-38/h5-10,23-28H,3-4,11-22H2,1-2H3. The van der Waals surface area contributed by atoms with Crippen molar-refractivity contribution in [3.63, 3.8) is 0 Å². The van der Waals surface area contributed by atoms with Crippen molar-refractivity contribution in [3.05, 3.63) is 138 Å². The van der Waals surface area contributed by atoms with Gasteiger partial charge in [0.1, 0.15) is 24.2 Å². The summed E-state index contributed by atoms with van der Waals surface area (Å²) in [5.74, 6) is -3.52. The summed E-state index contributed by atoms with van der Waals surface area (Å²) in [6, 6.07) is 8.92. The van der Waals surface area contributed by atoms with E-state index >= 15 is 0 Å². The molecule has 0 amide bonds. The molecule has 0 saturated carbocycles. The first-order valence-electron chi connectivity index (χ1n) is 21.3. The third-order valence-corrected chi connectivity index (χ3v) is 11.5. The summed E-state index contributed by atoms with van der Waals surface area (Å²) in [5, 5.41) is 0. The summed E-state index contributed by atoms with van der Waals surface area (Å²) in [6.07, 6.45) is 8.55. The molecule has 66 heavy (non-hydrogen) atoms. The lowest BCUT2D eigenvalue weighted by Crippen LogP contribution is -2.49. The molecule has 22 heteroatoms. The summed E-state index contributed by atoms with van der Waals surface area (Å²) in [6.45, 7) is 8.84. The van der Waals surface area contributed by atoms with Gasteiger partial charge < -0.3 is 28.3 Å².